The van der Waals surface area contributed by atoms with E-state index in [1.165, 1.54) is 46.3 Å². The summed E-state index contributed by atoms with van der Waals surface area (Å²) in [6.45, 7) is 18.0. The van der Waals surface area contributed by atoms with Crippen molar-refractivity contribution < 1.29 is 170 Å². The zero-order valence-corrected chi connectivity index (χ0v) is 101. The van der Waals surface area contributed by atoms with Crippen LogP contribution < -0.4 is 22.5 Å². The number of aldehydes is 1. The molecular formula is C71H143O40P21SSe. The molecule has 11 N–H and O–H groups in total. The van der Waals surface area contributed by atoms with Gasteiger partial charge in [0.05, 0.1) is 92.1 Å². The number of Topliss-reactive ketones (excluding diaryl/α,β-unsaturated/α-hetero) is 1. The second-order valence-electron chi connectivity index (χ2n) is 26.3. The van der Waals surface area contributed by atoms with E-state index in [9.17, 15) is 63.3 Å². The van der Waals surface area contributed by atoms with Crippen LogP contribution in [-0.2, 0) is 89.4 Å². The van der Waals surface area contributed by atoms with E-state index in [2.05, 4.69) is 145 Å². The normalized spacial score (nSPS) is 19.9. The minimum Gasteiger partial charge on any atom is -0.153 e. The number of ether oxygens (including phenoxy) is 11. The van der Waals surface area contributed by atoms with E-state index in [0.717, 1.165) is 52.7 Å². The number of aryl methyl sites for hydroxylation is 2. The predicted molar refractivity (Wildman–Crippen MR) is 585 cm³/mol. The fourth-order valence-corrected chi connectivity index (χ4v) is 9.22. The Morgan fingerprint density at radius 3 is 1.15 bits per heavy atom. The molecule has 0 amide bonds. The number of carbonyl (C=O) groups excluding carboxylic acids is 6. The zero-order chi connectivity index (χ0) is 103. The summed E-state index contributed by atoms with van der Waals surface area (Å²) in [5.41, 5.74) is -2.91. The van der Waals surface area contributed by atoms with Gasteiger partial charge >= 0.3 is 79.3 Å². The molecule has 4 saturated heterocycles. The molecule has 40 nitrogen and oxygen atoms in total. The van der Waals surface area contributed by atoms with Crippen molar-refractivity contribution in [3.63, 3.8) is 0 Å². The van der Waals surface area contributed by atoms with Gasteiger partial charge in [-0.2, -0.15) is 18.3 Å². The summed E-state index contributed by atoms with van der Waals surface area (Å²) < 4.78 is 122. The molecule has 63 heteroatoms. The van der Waals surface area contributed by atoms with E-state index in [-0.39, 0.29) is 196 Å². The Balaban J connectivity index is -0.000000156. The van der Waals surface area contributed by atoms with Crippen molar-refractivity contribution in [1.29, 1.82) is 0 Å². The van der Waals surface area contributed by atoms with Crippen LogP contribution in [0.3, 0.4) is 0 Å². The van der Waals surface area contributed by atoms with Crippen LogP contribution in [-0.4, -0.2) is 243 Å². The molecule has 5 aliphatic heterocycles. The van der Waals surface area contributed by atoms with Gasteiger partial charge in [-0.15, -0.1) is 125 Å². The van der Waals surface area contributed by atoms with Gasteiger partial charge in [0.1, 0.15) is 82.1 Å². The molecule has 0 bridgehead atoms. The number of rotatable bonds is 16. The monoisotopic (exact) mass is 2400 g/mol. The van der Waals surface area contributed by atoms with Gasteiger partial charge in [-0.1, -0.05) is 37.7 Å². The van der Waals surface area contributed by atoms with Gasteiger partial charge in [0.2, 0.25) is 0 Å². The second kappa shape index (κ2) is 92.0. The Labute approximate surface area is 833 Å². The molecule has 29 unspecified atom stereocenters. The van der Waals surface area contributed by atoms with Crippen molar-refractivity contribution in [2.75, 3.05) is 42.7 Å². The number of hydrogen-bond donors (Lipinski definition) is 11. The average Bonchev–Trinajstić information content (AvgIpc) is 0.836. The van der Waals surface area contributed by atoms with E-state index in [1.54, 1.807) is 49.2 Å². The molecule has 0 saturated carbocycles. The number of carbonyl (C=O) groups is 6. The average molecular weight is 2400 g/mol. The third-order valence-corrected chi connectivity index (χ3v) is 48.9. The first kappa shape index (κ1) is 154. The summed E-state index contributed by atoms with van der Waals surface area (Å²) in [6, 6.07) is 7.94. The van der Waals surface area contributed by atoms with E-state index in [4.69, 9.17) is 112 Å². The Hall–Kier alpha value is 0.339. The van der Waals surface area contributed by atoms with E-state index in [0.29, 0.717) is 62.2 Å². The van der Waals surface area contributed by atoms with Gasteiger partial charge in [-0.25, -0.2) is 24.0 Å². The molecule has 0 radical (unpaired) electrons. The fraction of sp³-hybridized carbons (Fsp3) is 0.606. The van der Waals surface area contributed by atoms with Crippen LogP contribution in [0, 0.1) is 19.8 Å². The smallest absolute Gasteiger partial charge is 0.0358 e. The fourth-order valence-electron chi connectivity index (χ4n) is 9.22. The number of aromatic hydroxyl groups is 4. The molecule has 0 aromatic carbocycles. The van der Waals surface area contributed by atoms with E-state index >= 15 is 0 Å². The van der Waals surface area contributed by atoms with Crippen LogP contribution in [0.5, 0.6) is 23.0 Å². The van der Waals surface area contributed by atoms with Gasteiger partial charge in [0.15, 0.2) is 24.1 Å². The molecule has 784 valence electrons. The molecule has 5 aliphatic rings. The van der Waals surface area contributed by atoms with Gasteiger partial charge in [-0.3, -0.25) is 33.1 Å². The molecule has 32 atom stereocenters. The van der Waals surface area contributed by atoms with E-state index < -0.39 is 84.1 Å². The van der Waals surface area contributed by atoms with Gasteiger partial charge in [-0.05, 0) is 103 Å². The first-order chi connectivity index (χ1) is 60.7. The van der Waals surface area contributed by atoms with Gasteiger partial charge in [0.25, 0.3) is 0 Å². The van der Waals surface area contributed by atoms with Gasteiger partial charge in [0, 0.05) is 105 Å². The SMILES string of the molecule is C.C.CC(=O)c1c(O)cc(C)oc1=O.COC(C)C1CC(C)CC(=O)O1.COC(C)C1CC(O)=CC(=O)O1.COC(C)C1CC(O)CC(=O)O1.COC(C)C1C[C@@H](O)CC(O)O1.COC(C)[C@@H]1C[C@@H](O)CC(=O)O1.COC(C)c1cc(O)cc(=O)o1.Cc1cc(O)cc(=O)o1.O=Cc1cc(O)cc(=O)o1.O=S(=O)(O)O.O=[Se]=O.P.PP.PP(P)P.PP(P)P(P)P.PPP.PPP(P)P. The predicted octanol–water partition coefficient (Wildman–Crippen LogP) is 14.2. The molecule has 9 heterocycles. The molecule has 0 aliphatic carbocycles. The first-order valence-corrected chi connectivity index (χ1v) is 71.6. The van der Waals surface area contributed by atoms with Crippen LogP contribution in [0.1, 0.15) is 172 Å². The summed E-state index contributed by atoms with van der Waals surface area (Å²) in [6.07, 6.45) is 0.628. The molecule has 4 aromatic heterocycles. The summed E-state index contributed by atoms with van der Waals surface area (Å²) in [7, 11) is 43.8. The molecule has 9 rings (SSSR count). The van der Waals surface area contributed by atoms with Crippen molar-refractivity contribution in [1.82, 2.24) is 0 Å². The molecule has 0 spiro atoms. The standard InChI is InChI=1S/C9H16O3.C8H16O4.2C8H14O4.C8H12O4.C8H10O4.C8H8O4.C6H4O4.C6H6O3.2CH4.H2O4S.O2Se.H8P6.H7P5.H6P4.H5P3.H4P2.H3P/c1-6-4-8(7(2)11-3)12-9(10)5-6;5*1-5(11-2)7-3-6(9)4-8(10)12-7;1-4-3-6(10)7(5(2)9)8(11)12-4;7-3-5-1-4(8)2-6(9)10-5;1-4-2-5(7)3-6(8)9-4;;;1-5(2,3)4;1-3-2;1-5(2)6(3)4;1-4-5(2)3;1-4(2)3;1-3-2;1-2;/h6-8H,4-5H2,1-3H3;5-10H,3-4H2,1-2H3;2*5-7,9H,3-4H2,1-2H3;4-5,7,9H,3H2,1-2H3;3-5,9H,1-2H3;3,10H,1-2H3;1-3,8H;2-3,7H,1H3;2*1H4;(H2,1,2,3,4);;1-4H2;4H,1-3H2;1-3H2;3H,1-2H2;1-2H2;1H3/t;5?,6-,7?,8?;5?,6-,7+;;;;;;;;;;;;;;;;/m.11................/s1. The van der Waals surface area contributed by atoms with Crippen molar-refractivity contribution in [2.24, 2.45) is 5.92 Å². The minimum absolute atomic E-state index is 0. The Kier molecular flexibility index (Phi) is 106. The number of aliphatic hydroxyl groups excluding tert-OH is 5. The maximum atomic E-state index is 11.0. The van der Waals surface area contributed by atoms with Crippen LogP contribution in [0.2, 0.25) is 0 Å². The van der Waals surface area contributed by atoms with Crippen LogP contribution in [0.25, 0.3) is 0 Å². The number of esters is 4. The molecule has 4 aromatic rings. The van der Waals surface area contributed by atoms with Crippen molar-refractivity contribution >= 4 is 240 Å². The number of cyclic esters (lactones) is 4. The summed E-state index contributed by atoms with van der Waals surface area (Å²) >= 11 is -1.62. The van der Waals surface area contributed by atoms with Crippen LogP contribution >= 0.6 is 179 Å². The molecule has 4 fully saturated rings. The molecule has 134 heavy (non-hydrogen) atoms. The number of hydrogen-bond acceptors (Lipinski definition) is 38. The summed E-state index contributed by atoms with van der Waals surface area (Å²) in [4.78, 5) is 107. The quantitative estimate of drug-likeness (QED) is 0.00944. The number of ketones is 1. The second-order valence-corrected chi connectivity index (χ2v) is 77.1. The Bertz CT molecular complexity index is 4100. The minimum atomic E-state index is -4.67. The number of methoxy groups -OCH3 is 6. The maximum absolute atomic E-state index is 11.0. The largest absolute Gasteiger partial charge is 0.153 e. The van der Waals surface area contributed by atoms with E-state index in [1.807, 2.05) is 27.7 Å². The van der Waals surface area contributed by atoms with Crippen LogP contribution in [0.15, 0.2) is 91.1 Å². The van der Waals surface area contributed by atoms with Crippen molar-refractivity contribution in [3.05, 3.63) is 125 Å². The third-order valence-electron chi connectivity index (χ3n) is 15.7. The van der Waals surface area contributed by atoms with Crippen LogP contribution in [0.4, 0.5) is 0 Å². The van der Waals surface area contributed by atoms with Crippen molar-refractivity contribution in [2.45, 2.75) is 234 Å². The third kappa shape index (κ3) is 88.8. The molecular weight excluding hydrogens is 2250 g/mol. The summed E-state index contributed by atoms with van der Waals surface area (Å²) in [5.74, 6) is -1.21. The first-order valence-electron chi connectivity index (χ1n) is 37.2. The number of aliphatic hydroxyl groups is 5. The Morgan fingerprint density at radius 2 is 0.851 bits per heavy atom. The maximum Gasteiger partial charge on any atom is -0.0358 e. The summed E-state index contributed by atoms with van der Waals surface area (Å²) in [5, 5.41) is 81.7. The topological polar surface area (TPSA) is 616 Å². The Morgan fingerprint density at radius 1 is 0.515 bits per heavy atom. The van der Waals surface area contributed by atoms with Crippen molar-refractivity contribution in [3.8, 4) is 23.0 Å². The zero-order valence-electron chi connectivity index (χ0n) is 75.5. The van der Waals surface area contributed by atoms with Gasteiger partial charge < -0.3 is 116 Å².